The van der Waals surface area contributed by atoms with Gasteiger partial charge >= 0.3 is 0 Å². The summed E-state index contributed by atoms with van der Waals surface area (Å²) < 4.78 is 14.4. The molecule has 25 heavy (non-hydrogen) atoms. The number of carbonyl (C=O) groups excluding carboxylic acids is 1. The van der Waals surface area contributed by atoms with Crippen LogP contribution >= 0.6 is 11.6 Å². The van der Waals surface area contributed by atoms with Crippen LogP contribution < -0.4 is 5.32 Å². The average molecular weight is 358 g/mol. The summed E-state index contributed by atoms with van der Waals surface area (Å²) in [6.07, 6.45) is 0.607. The first-order chi connectivity index (χ1) is 12.1. The van der Waals surface area contributed by atoms with E-state index in [4.69, 9.17) is 11.6 Å². The van der Waals surface area contributed by atoms with Crippen molar-refractivity contribution in [3.8, 4) is 5.69 Å². The molecule has 0 fully saturated rings. The van der Waals surface area contributed by atoms with Gasteiger partial charge in [0.25, 0.3) is 5.91 Å². The molecular weight excluding hydrogens is 341 g/mol. The van der Waals surface area contributed by atoms with Gasteiger partial charge in [-0.15, -0.1) is 0 Å². The van der Waals surface area contributed by atoms with Gasteiger partial charge in [-0.2, -0.15) is 5.10 Å². The van der Waals surface area contributed by atoms with Crippen molar-refractivity contribution in [2.45, 2.75) is 13.3 Å². The second kappa shape index (κ2) is 7.49. The molecule has 0 bridgehead atoms. The van der Waals surface area contributed by atoms with Crippen molar-refractivity contribution in [3.05, 3.63) is 82.4 Å². The van der Waals surface area contributed by atoms with E-state index in [1.165, 1.54) is 12.1 Å². The number of amides is 1. The van der Waals surface area contributed by atoms with Crippen LogP contribution in [0.25, 0.3) is 5.69 Å². The zero-order valence-corrected chi connectivity index (χ0v) is 14.4. The lowest BCUT2D eigenvalue weighted by atomic mass is 10.1. The van der Waals surface area contributed by atoms with E-state index in [-0.39, 0.29) is 16.9 Å². The molecular formula is C19H17ClFN3O. The van der Waals surface area contributed by atoms with E-state index < -0.39 is 0 Å². The Morgan fingerprint density at radius 1 is 1.16 bits per heavy atom. The van der Waals surface area contributed by atoms with Crippen LogP contribution in [-0.4, -0.2) is 22.2 Å². The van der Waals surface area contributed by atoms with Gasteiger partial charge < -0.3 is 5.32 Å². The van der Waals surface area contributed by atoms with Gasteiger partial charge in [0.15, 0.2) is 0 Å². The quantitative estimate of drug-likeness (QED) is 0.751. The van der Waals surface area contributed by atoms with Gasteiger partial charge in [-0.3, -0.25) is 4.79 Å². The Morgan fingerprint density at radius 2 is 1.84 bits per heavy atom. The van der Waals surface area contributed by atoms with E-state index in [0.717, 1.165) is 11.3 Å². The summed E-state index contributed by atoms with van der Waals surface area (Å²) in [7, 11) is 0. The second-order valence-electron chi connectivity index (χ2n) is 5.63. The standard InChI is InChI=1S/C19H17ClFN3O/c1-13-17(18(20)24(23-13)16-5-3-2-4-6-16)19(25)22-12-11-14-7-9-15(21)10-8-14/h2-10H,11-12H2,1H3,(H,22,25). The zero-order chi connectivity index (χ0) is 17.8. The summed E-state index contributed by atoms with van der Waals surface area (Å²) in [4.78, 5) is 12.5. The molecule has 0 unspecified atom stereocenters. The molecule has 0 aliphatic carbocycles. The number of hydrogen-bond donors (Lipinski definition) is 1. The first-order valence-electron chi connectivity index (χ1n) is 7.89. The summed E-state index contributed by atoms with van der Waals surface area (Å²) in [6.45, 7) is 2.18. The lowest BCUT2D eigenvalue weighted by molar-refractivity contribution is 0.0953. The number of nitrogens with one attached hydrogen (secondary N) is 1. The lowest BCUT2D eigenvalue weighted by Crippen LogP contribution is -2.26. The molecule has 0 saturated heterocycles. The fraction of sp³-hybridized carbons (Fsp3) is 0.158. The zero-order valence-electron chi connectivity index (χ0n) is 13.7. The molecule has 3 aromatic rings. The first kappa shape index (κ1) is 17.2. The Hall–Kier alpha value is -2.66. The molecule has 0 aliphatic heterocycles. The van der Waals surface area contributed by atoms with Crippen LogP contribution in [0.3, 0.4) is 0 Å². The van der Waals surface area contributed by atoms with Crippen molar-refractivity contribution >= 4 is 17.5 Å². The number of hydrogen-bond acceptors (Lipinski definition) is 2. The van der Waals surface area contributed by atoms with E-state index in [9.17, 15) is 9.18 Å². The normalized spacial score (nSPS) is 10.7. The van der Waals surface area contributed by atoms with Crippen molar-refractivity contribution in [3.63, 3.8) is 0 Å². The van der Waals surface area contributed by atoms with Crippen LogP contribution in [0.2, 0.25) is 5.15 Å². The van der Waals surface area contributed by atoms with Crippen LogP contribution in [0, 0.1) is 12.7 Å². The van der Waals surface area contributed by atoms with Crippen LogP contribution in [0.1, 0.15) is 21.6 Å². The number of para-hydroxylation sites is 1. The van der Waals surface area contributed by atoms with Crippen LogP contribution in [0.15, 0.2) is 54.6 Å². The van der Waals surface area contributed by atoms with Crippen molar-refractivity contribution in [2.75, 3.05) is 6.54 Å². The Balaban J connectivity index is 1.70. The van der Waals surface area contributed by atoms with E-state index in [1.54, 1.807) is 23.7 Å². The topological polar surface area (TPSA) is 46.9 Å². The number of benzene rings is 2. The molecule has 1 N–H and O–H groups in total. The van der Waals surface area contributed by atoms with Gasteiger partial charge in [-0.1, -0.05) is 41.9 Å². The molecule has 4 nitrogen and oxygen atoms in total. The minimum Gasteiger partial charge on any atom is -0.352 e. The SMILES string of the molecule is Cc1nn(-c2ccccc2)c(Cl)c1C(=O)NCCc1ccc(F)cc1. The number of rotatable bonds is 5. The molecule has 0 atom stereocenters. The highest BCUT2D eigenvalue weighted by Gasteiger charge is 2.20. The smallest absolute Gasteiger partial charge is 0.256 e. The van der Waals surface area contributed by atoms with Crippen molar-refractivity contribution in [2.24, 2.45) is 0 Å². The largest absolute Gasteiger partial charge is 0.352 e. The van der Waals surface area contributed by atoms with Crippen molar-refractivity contribution in [1.82, 2.24) is 15.1 Å². The monoisotopic (exact) mass is 357 g/mol. The predicted molar refractivity (Wildman–Crippen MR) is 95.7 cm³/mol. The highest BCUT2D eigenvalue weighted by molar-refractivity contribution is 6.33. The second-order valence-corrected chi connectivity index (χ2v) is 5.99. The van der Waals surface area contributed by atoms with Gasteiger partial charge in [0.05, 0.1) is 16.9 Å². The summed E-state index contributed by atoms with van der Waals surface area (Å²) >= 11 is 6.37. The molecule has 2 aromatic carbocycles. The summed E-state index contributed by atoms with van der Waals surface area (Å²) in [5.41, 5.74) is 2.67. The highest BCUT2D eigenvalue weighted by Crippen LogP contribution is 2.23. The lowest BCUT2D eigenvalue weighted by Gasteiger charge is -2.06. The van der Waals surface area contributed by atoms with Crippen LogP contribution in [0.5, 0.6) is 0 Å². The molecule has 6 heteroatoms. The molecule has 0 spiro atoms. The third-order valence-corrected chi connectivity index (χ3v) is 4.19. The van der Waals surface area contributed by atoms with Gasteiger partial charge in [-0.05, 0) is 43.2 Å². The Morgan fingerprint density at radius 3 is 2.52 bits per heavy atom. The fourth-order valence-electron chi connectivity index (χ4n) is 2.56. The molecule has 128 valence electrons. The van der Waals surface area contributed by atoms with Crippen LogP contribution in [-0.2, 0) is 6.42 Å². The van der Waals surface area contributed by atoms with Crippen LogP contribution in [0.4, 0.5) is 4.39 Å². The minimum atomic E-state index is -0.275. The Kier molecular flexibility index (Phi) is 5.14. The number of aromatic nitrogens is 2. The molecule has 0 saturated carbocycles. The molecule has 0 aliphatic rings. The third kappa shape index (κ3) is 3.88. The number of nitrogens with zero attached hydrogens (tertiary/aromatic N) is 2. The summed E-state index contributed by atoms with van der Waals surface area (Å²) in [6, 6.07) is 15.6. The van der Waals surface area contributed by atoms with E-state index >= 15 is 0 Å². The predicted octanol–water partition coefficient (Wildman–Crippen LogP) is 3.95. The van der Waals surface area contributed by atoms with E-state index in [0.29, 0.717) is 24.2 Å². The summed E-state index contributed by atoms with van der Waals surface area (Å²) in [5.74, 6) is -0.546. The molecule has 1 aromatic heterocycles. The Labute approximate surface area is 150 Å². The molecule has 1 heterocycles. The third-order valence-electron chi connectivity index (χ3n) is 3.84. The molecule has 0 radical (unpaired) electrons. The Bertz CT molecular complexity index is 876. The van der Waals surface area contributed by atoms with Crippen molar-refractivity contribution in [1.29, 1.82) is 0 Å². The first-order valence-corrected chi connectivity index (χ1v) is 8.27. The van der Waals surface area contributed by atoms with Gasteiger partial charge in [-0.25, -0.2) is 9.07 Å². The number of aryl methyl sites for hydroxylation is 1. The van der Waals surface area contributed by atoms with Gasteiger partial charge in [0, 0.05) is 6.54 Å². The van der Waals surface area contributed by atoms with E-state index in [2.05, 4.69) is 10.4 Å². The highest BCUT2D eigenvalue weighted by atomic mass is 35.5. The fourth-order valence-corrected chi connectivity index (χ4v) is 2.92. The maximum absolute atomic E-state index is 12.9. The van der Waals surface area contributed by atoms with Gasteiger partial charge in [0.1, 0.15) is 11.0 Å². The minimum absolute atomic E-state index is 0.271. The van der Waals surface area contributed by atoms with E-state index in [1.807, 2.05) is 30.3 Å². The number of halogens is 2. The molecule has 3 rings (SSSR count). The number of carbonyl (C=O) groups is 1. The van der Waals surface area contributed by atoms with Crippen molar-refractivity contribution < 1.29 is 9.18 Å². The average Bonchev–Trinajstić information content (AvgIpc) is 2.92. The maximum Gasteiger partial charge on any atom is 0.256 e. The maximum atomic E-state index is 12.9. The van der Waals surface area contributed by atoms with Gasteiger partial charge in [0.2, 0.25) is 0 Å². The summed E-state index contributed by atoms with van der Waals surface area (Å²) in [5, 5.41) is 7.48. The molecule has 1 amide bonds.